The summed E-state index contributed by atoms with van der Waals surface area (Å²) >= 11 is 0. The molecule has 4 nitrogen and oxygen atoms in total. The Kier molecular flexibility index (Phi) is 3.56. The van der Waals surface area contributed by atoms with E-state index in [-0.39, 0.29) is 11.6 Å². The molecule has 0 spiro atoms. The Morgan fingerprint density at radius 1 is 1.26 bits per heavy atom. The van der Waals surface area contributed by atoms with Crippen LogP contribution in [-0.4, -0.2) is 23.1 Å². The van der Waals surface area contributed by atoms with Crippen LogP contribution in [-0.2, 0) is 6.18 Å². The summed E-state index contributed by atoms with van der Waals surface area (Å²) in [6.07, 6.45) is -3.63. The highest BCUT2D eigenvalue weighted by molar-refractivity contribution is 5.47. The first-order valence-corrected chi connectivity index (χ1v) is 6.24. The van der Waals surface area contributed by atoms with Gasteiger partial charge in [0.2, 0.25) is 5.82 Å². The average Bonchev–Trinajstić information content (AvgIpc) is 2.31. The Hall–Kier alpha value is -1.53. The van der Waals surface area contributed by atoms with Crippen molar-refractivity contribution in [1.29, 1.82) is 0 Å². The molecular formula is C12H17F3N4. The van der Waals surface area contributed by atoms with Crippen molar-refractivity contribution in [3.8, 4) is 0 Å². The van der Waals surface area contributed by atoms with Crippen molar-refractivity contribution in [2.45, 2.75) is 26.4 Å². The molecule has 1 saturated heterocycles. The Labute approximate surface area is 109 Å². The normalized spacial score (nSPS) is 24.6. The largest absolute Gasteiger partial charge is 0.451 e. The van der Waals surface area contributed by atoms with Gasteiger partial charge in [0.05, 0.1) is 0 Å². The van der Waals surface area contributed by atoms with Gasteiger partial charge in [0, 0.05) is 19.2 Å². The number of nitrogen functional groups attached to an aromatic ring is 1. The summed E-state index contributed by atoms with van der Waals surface area (Å²) in [7, 11) is 0. The third kappa shape index (κ3) is 3.08. The lowest BCUT2D eigenvalue weighted by Crippen LogP contribution is -2.39. The van der Waals surface area contributed by atoms with Crippen molar-refractivity contribution >= 4 is 11.6 Å². The second-order valence-electron chi connectivity index (χ2n) is 5.16. The Morgan fingerprint density at radius 2 is 1.95 bits per heavy atom. The van der Waals surface area contributed by atoms with Crippen LogP contribution >= 0.6 is 0 Å². The number of nitrogens with zero attached hydrogens (tertiary/aromatic N) is 3. The summed E-state index contributed by atoms with van der Waals surface area (Å²) in [6.45, 7) is 5.62. The quantitative estimate of drug-likeness (QED) is 0.855. The molecule has 1 aliphatic rings. The Balaban J connectivity index is 2.28. The molecular weight excluding hydrogens is 257 g/mol. The first kappa shape index (κ1) is 13.9. The summed E-state index contributed by atoms with van der Waals surface area (Å²) in [6, 6.07) is 1.40. The van der Waals surface area contributed by atoms with Crippen LogP contribution in [0.4, 0.5) is 24.8 Å². The number of rotatable bonds is 1. The SMILES string of the molecule is CC1CCN(c2cc(N)nc(C(F)(F)F)n2)CC1C. The third-order valence-electron chi connectivity index (χ3n) is 3.64. The predicted molar refractivity (Wildman–Crippen MR) is 66.6 cm³/mol. The highest BCUT2D eigenvalue weighted by Gasteiger charge is 2.36. The van der Waals surface area contributed by atoms with E-state index in [1.807, 2.05) is 4.90 Å². The van der Waals surface area contributed by atoms with Crippen LogP contribution in [0.15, 0.2) is 6.07 Å². The van der Waals surface area contributed by atoms with Crippen LogP contribution in [0.5, 0.6) is 0 Å². The maximum atomic E-state index is 12.7. The summed E-state index contributed by atoms with van der Waals surface area (Å²) in [5.41, 5.74) is 5.45. The van der Waals surface area contributed by atoms with Crippen LogP contribution in [0.1, 0.15) is 26.1 Å². The number of nitrogens with two attached hydrogens (primary N) is 1. The van der Waals surface area contributed by atoms with Crippen LogP contribution < -0.4 is 10.6 Å². The summed E-state index contributed by atoms with van der Waals surface area (Å²) in [5, 5.41) is 0. The summed E-state index contributed by atoms with van der Waals surface area (Å²) in [4.78, 5) is 8.69. The van der Waals surface area contributed by atoms with Gasteiger partial charge in [0.15, 0.2) is 0 Å². The van der Waals surface area contributed by atoms with E-state index in [1.54, 1.807) is 0 Å². The van der Waals surface area contributed by atoms with E-state index in [0.717, 1.165) is 6.42 Å². The van der Waals surface area contributed by atoms with Gasteiger partial charge < -0.3 is 10.6 Å². The van der Waals surface area contributed by atoms with Gasteiger partial charge in [-0.3, -0.25) is 0 Å². The van der Waals surface area contributed by atoms with Crippen molar-refractivity contribution in [2.24, 2.45) is 11.8 Å². The fraction of sp³-hybridized carbons (Fsp3) is 0.667. The van der Waals surface area contributed by atoms with Crippen molar-refractivity contribution < 1.29 is 13.2 Å². The molecule has 0 aliphatic carbocycles. The second kappa shape index (κ2) is 4.86. The van der Waals surface area contributed by atoms with E-state index in [0.29, 0.717) is 24.9 Å². The first-order chi connectivity index (χ1) is 8.77. The van der Waals surface area contributed by atoms with Gasteiger partial charge >= 0.3 is 6.18 Å². The van der Waals surface area contributed by atoms with Crippen LogP contribution in [0.2, 0.25) is 0 Å². The molecule has 1 aromatic rings. The van der Waals surface area contributed by atoms with E-state index in [9.17, 15) is 13.2 Å². The molecule has 19 heavy (non-hydrogen) atoms. The van der Waals surface area contributed by atoms with Gasteiger partial charge in [0.1, 0.15) is 11.6 Å². The smallest absolute Gasteiger partial charge is 0.384 e. The third-order valence-corrected chi connectivity index (χ3v) is 3.64. The highest BCUT2D eigenvalue weighted by atomic mass is 19.4. The number of hydrogen-bond donors (Lipinski definition) is 1. The van der Waals surface area contributed by atoms with Crippen molar-refractivity contribution in [1.82, 2.24) is 9.97 Å². The second-order valence-corrected chi connectivity index (χ2v) is 5.16. The molecule has 2 unspecified atom stereocenters. The topological polar surface area (TPSA) is 55.0 Å². The van der Waals surface area contributed by atoms with E-state index in [1.165, 1.54) is 6.07 Å². The number of anilines is 2. The zero-order chi connectivity index (χ0) is 14.2. The zero-order valence-corrected chi connectivity index (χ0v) is 10.9. The molecule has 1 fully saturated rings. The molecule has 2 heterocycles. The lowest BCUT2D eigenvalue weighted by molar-refractivity contribution is -0.144. The monoisotopic (exact) mass is 274 g/mol. The van der Waals surface area contributed by atoms with E-state index < -0.39 is 12.0 Å². The Morgan fingerprint density at radius 3 is 2.53 bits per heavy atom. The minimum atomic E-state index is -4.57. The van der Waals surface area contributed by atoms with Gasteiger partial charge in [0.25, 0.3) is 0 Å². The van der Waals surface area contributed by atoms with Crippen LogP contribution in [0.3, 0.4) is 0 Å². The summed E-state index contributed by atoms with van der Waals surface area (Å²) < 4.78 is 38.0. The highest BCUT2D eigenvalue weighted by Crippen LogP contribution is 2.31. The predicted octanol–water partition coefficient (Wildman–Crippen LogP) is 2.56. The number of aromatic nitrogens is 2. The zero-order valence-electron chi connectivity index (χ0n) is 10.9. The van der Waals surface area contributed by atoms with Crippen LogP contribution in [0.25, 0.3) is 0 Å². The number of alkyl halides is 3. The molecule has 7 heteroatoms. The molecule has 0 bridgehead atoms. The maximum Gasteiger partial charge on any atom is 0.451 e. The minimum absolute atomic E-state index is 0.149. The fourth-order valence-electron chi connectivity index (χ4n) is 2.21. The van der Waals surface area contributed by atoms with E-state index in [2.05, 4.69) is 23.8 Å². The van der Waals surface area contributed by atoms with Crippen molar-refractivity contribution in [3.05, 3.63) is 11.9 Å². The molecule has 0 aromatic carbocycles. The standard InChI is InChI=1S/C12H17F3N4/c1-7-3-4-19(6-8(7)2)10-5-9(16)17-11(18-10)12(13,14)15/h5,7-8H,3-4,6H2,1-2H3,(H2,16,17,18). The molecule has 0 amide bonds. The van der Waals surface area contributed by atoms with Gasteiger partial charge in [-0.2, -0.15) is 13.2 Å². The molecule has 2 atom stereocenters. The lowest BCUT2D eigenvalue weighted by Gasteiger charge is -2.36. The fourth-order valence-corrected chi connectivity index (χ4v) is 2.21. The molecule has 2 rings (SSSR count). The van der Waals surface area contributed by atoms with E-state index >= 15 is 0 Å². The van der Waals surface area contributed by atoms with Crippen LogP contribution in [0, 0.1) is 11.8 Å². The molecule has 0 saturated carbocycles. The van der Waals surface area contributed by atoms with Gasteiger partial charge in [-0.25, -0.2) is 9.97 Å². The molecule has 0 radical (unpaired) electrons. The van der Waals surface area contributed by atoms with Crippen molar-refractivity contribution in [3.63, 3.8) is 0 Å². The number of hydrogen-bond acceptors (Lipinski definition) is 4. The Bertz CT molecular complexity index is 461. The maximum absolute atomic E-state index is 12.7. The average molecular weight is 274 g/mol. The molecule has 1 aromatic heterocycles. The molecule has 1 aliphatic heterocycles. The van der Waals surface area contributed by atoms with Crippen molar-refractivity contribution in [2.75, 3.05) is 23.7 Å². The minimum Gasteiger partial charge on any atom is -0.384 e. The number of piperidine rings is 1. The summed E-state index contributed by atoms with van der Waals surface area (Å²) in [5.74, 6) is -0.0762. The van der Waals surface area contributed by atoms with E-state index in [4.69, 9.17) is 5.73 Å². The van der Waals surface area contributed by atoms with Gasteiger partial charge in [-0.05, 0) is 18.3 Å². The molecule has 106 valence electrons. The lowest BCUT2D eigenvalue weighted by atomic mass is 9.89. The number of halogens is 3. The first-order valence-electron chi connectivity index (χ1n) is 6.24. The molecule has 2 N–H and O–H groups in total. The van der Waals surface area contributed by atoms with Gasteiger partial charge in [-0.1, -0.05) is 13.8 Å². The van der Waals surface area contributed by atoms with Gasteiger partial charge in [-0.15, -0.1) is 0 Å².